The summed E-state index contributed by atoms with van der Waals surface area (Å²) in [5.74, 6) is 2.27. The van der Waals surface area contributed by atoms with E-state index in [1.54, 1.807) is 0 Å². The number of rotatable bonds is 5. The topological polar surface area (TPSA) is 55.6 Å². The van der Waals surface area contributed by atoms with Crippen LogP contribution < -0.4 is 10.5 Å². The molecule has 1 unspecified atom stereocenters. The molecule has 1 saturated carbocycles. The number of nitrogens with two attached hydrogens (primary N) is 1. The maximum absolute atomic E-state index is 12.5. The van der Waals surface area contributed by atoms with Gasteiger partial charge in [0.1, 0.15) is 5.75 Å². The standard InChI is InChI=1S/C18H26N2O2.ClH/c1-13(19)15-8-10-20(11-9-15)18(21)16-4-6-17(7-5-16)22-12-14-2-3-14;/h4-7,13-15H,2-3,8-12,19H2,1H3;1H. The summed E-state index contributed by atoms with van der Waals surface area (Å²) in [7, 11) is 0. The van der Waals surface area contributed by atoms with Crippen LogP contribution in [0, 0.1) is 11.8 Å². The molecule has 1 heterocycles. The van der Waals surface area contributed by atoms with Gasteiger partial charge in [-0.1, -0.05) is 0 Å². The van der Waals surface area contributed by atoms with Gasteiger partial charge < -0.3 is 15.4 Å². The highest BCUT2D eigenvalue weighted by atomic mass is 35.5. The zero-order valence-corrected chi connectivity index (χ0v) is 14.6. The first-order chi connectivity index (χ1) is 10.6. The molecule has 2 aliphatic rings. The van der Waals surface area contributed by atoms with Crippen LogP contribution in [0.25, 0.3) is 0 Å². The average Bonchev–Trinajstić information content (AvgIpc) is 3.37. The minimum atomic E-state index is 0. The fourth-order valence-corrected chi connectivity index (χ4v) is 3.00. The predicted molar refractivity (Wildman–Crippen MR) is 94.2 cm³/mol. The molecule has 0 spiro atoms. The van der Waals surface area contributed by atoms with E-state index in [1.807, 2.05) is 29.2 Å². The molecule has 1 aromatic rings. The molecule has 3 rings (SSSR count). The molecule has 23 heavy (non-hydrogen) atoms. The SMILES string of the molecule is CC(N)C1CCN(C(=O)c2ccc(OCC3CC3)cc2)CC1.Cl. The Bertz CT molecular complexity index is 506. The van der Waals surface area contributed by atoms with Crippen LogP contribution in [0.15, 0.2) is 24.3 Å². The molecular formula is C18H27ClN2O2. The van der Waals surface area contributed by atoms with Crippen LogP contribution in [0.1, 0.15) is 43.0 Å². The van der Waals surface area contributed by atoms with Crippen LogP contribution >= 0.6 is 12.4 Å². The van der Waals surface area contributed by atoms with E-state index in [1.165, 1.54) is 12.8 Å². The minimum Gasteiger partial charge on any atom is -0.493 e. The highest BCUT2D eigenvalue weighted by Gasteiger charge is 2.25. The van der Waals surface area contributed by atoms with Crippen molar-refractivity contribution in [3.63, 3.8) is 0 Å². The number of nitrogens with zero attached hydrogens (tertiary/aromatic N) is 1. The first-order valence-electron chi connectivity index (χ1n) is 8.41. The molecule has 0 bridgehead atoms. The average molecular weight is 339 g/mol. The Balaban J connectivity index is 0.00000192. The second-order valence-electron chi connectivity index (χ2n) is 6.77. The Labute approximate surface area is 144 Å². The number of hydrogen-bond acceptors (Lipinski definition) is 3. The first kappa shape index (κ1) is 18.1. The molecule has 1 atom stereocenters. The minimum absolute atomic E-state index is 0. The van der Waals surface area contributed by atoms with Gasteiger partial charge in [0.25, 0.3) is 5.91 Å². The monoisotopic (exact) mass is 338 g/mol. The lowest BCUT2D eigenvalue weighted by Gasteiger charge is -2.33. The molecule has 1 aromatic carbocycles. The smallest absolute Gasteiger partial charge is 0.253 e. The lowest BCUT2D eigenvalue weighted by atomic mass is 9.90. The van der Waals surface area contributed by atoms with Crippen molar-refractivity contribution in [3.05, 3.63) is 29.8 Å². The zero-order chi connectivity index (χ0) is 15.5. The van der Waals surface area contributed by atoms with Crippen molar-refractivity contribution in [2.24, 2.45) is 17.6 Å². The second kappa shape index (κ2) is 8.02. The van der Waals surface area contributed by atoms with Crippen molar-refractivity contribution in [2.45, 2.75) is 38.6 Å². The largest absolute Gasteiger partial charge is 0.493 e. The van der Waals surface area contributed by atoms with E-state index in [2.05, 4.69) is 6.92 Å². The second-order valence-corrected chi connectivity index (χ2v) is 6.77. The molecule has 0 radical (unpaired) electrons. The Hall–Kier alpha value is -1.26. The van der Waals surface area contributed by atoms with E-state index in [0.717, 1.165) is 49.8 Å². The molecule has 2 N–H and O–H groups in total. The summed E-state index contributed by atoms with van der Waals surface area (Å²) in [6, 6.07) is 7.79. The number of likely N-dealkylation sites (tertiary alicyclic amines) is 1. The molecule has 2 fully saturated rings. The van der Waals surface area contributed by atoms with Gasteiger partial charge in [0.2, 0.25) is 0 Å². The lowest BCUT2D eigenvalue weighted by Crippen LogP contribution is -2.42. The number of hydrogen-bond donors (Lipinski definition) is 1. The molecule has 4 nitrogen and oxygen atoms in total. The van der Waals surface area contributed by atoms with Gasteiger partial charge in [-0.05, 0) is 68.7 Å². The van der Waals surface area contributed by atoms with Gasteiger partial charge in [0, 0.05) is 24.7 Å². The van der Waals surface area contributed by atoms with Crippen molar-refractivity contribution < 1.29 is 9.53 Å². The van der Waals surface area contributed by atoms with E-state index >= 15 is 0 Å². The Morgan fingerprint density at radius 3 is 2.35 bits per heavy atom. The van der Waals surface area contributed by atoms with Crippen molar-refractivity contribution in [2.75, 3.05) is 19.7 Å². The van der Waals surface area contributed by atoms with E-state index in [4.69, 9.17) is 10.5 Å². The lowest BCUT2D eigenvalue weighted by molar-refractivity contribution is 0.0681. The van der Waals surface area contributed by atoms with Gasteiger partial charge >= 0.3 is 0 Å². The summed E-state index contributed by atoms with van der Waals surface area (Å²) < 4.78 is 5.71. The number of amides is 1. The third kappa shape index (κ3) is 4.85. The Morgan fingerprint density at radius 2 is 1.83 bits per heavy atom. The predicted octanol–water partition coefficient (Wildman–Crippen LogP) is 3.10. The van der Waals surface area contributed by atoms with Crippen LogP contribution in [-0.4, -0.2) is 36.5 Å². The van der Waals surface area contributed by atoms with E-state index < -0.39 is 0 Å². The third-order valence-corrected chi connectivity index (χ3v) is 4.85. The van der Waals surface area contributed by atoms with Gasteiger partial charge in [0.05, 0.1) is 6.61 Å². The summed E-state index contributed by atoms with van der Waals surface area (Å²) >= 11 is 0. The van der Waals surface area contributed by atoms with Crippen LogP contribution in [0.3, 0.4) is 0 Å². The number of carbonyl (C=O) groups is 1. The number of halogens is 1. The quantitative estimate of drug-likeness (QED) is 0.897. The Kier molecular flexibility index (Phi) is 6.31. The summed E-state index contributed by atoms with van der Waals surface area (Å²) in [4.78, 5) is 14.5. The Morgan fingerprint density at radius 1 is 1.22 bits per heavy atom. The summed E-state index contributed by atoms with van der Waals surface area (Å²) in [6.07, 6.45) is 4.58. The van der Waals surface area contributed by atoms with Gasteiger partial charge in [-0.25, -0.2) is 0 Å². The van der Waals surface area contributed by atoms with Crippen LogP contribution in [-0.2, 0) is 0 Å². The molecule has 128 valence electrons. The molecular weight excluding hydrogens is 312 g/mol. The maximum atomic E-state index is 12.5. The normalized spacial score (nSPS) is 19.8. The summed E-state index contributed by atoms with van der Waals surface area (Å²) in [5, 5.41) is 0. The number of ether oxygens (including phenoxy) is 1. The zero-order valence-electron chi connectivity index (χ0n) is 13.7. The highest BCUT2D eigenvalue weighted by molar-refractivity contribution is 5.94. The molecule has 5 heteroatoms. The van der Waals surface area contributed by atoms with E-state index in [0.29, 0.717) is 5.92 Å². The van der Waals surface area contributed by atoms with Gasteiger partial charge in [0.15, 0.2) is 0 Å². The summed E-state index contributed by atoms with van der Waals surface area (Å²) in [5.41, 5.74) is 6.70. The van der Waals surface area contributed by atoms with Crippen molar-refractivity contribution >= 4 is 18.3 Å². The highest BCUT2D eigenvalue weighted by Crippen LogP contribution is 2.29. The molecule has 1 amide bonds. The van der Waals surface area contributed by atoms with Gasteiger partial charge in [-0.2, -0.15) is 0 Å². The fourth-order valence-electron chi connectivity index (χ4n) is 3.00. The number of benzene rings is 1. The van der Waals surface area contributed by atoms with Crippen molar-refractivity contribution in [3.8, 4) is 5.75 Å². The van der Waals surface area contributed by atoms with E-state index in [9.17, 15) is 4.79 Å². The fraction of sp³-hybridized carbons (Fsp3) is 0.611. The van der Waals surface area contributed by atoms with Crippen molar-refractivity contribution in [1.82, 2.24) is 4.90 Å². The molecule has 1 aliphatic carbocycles. The van der Waals surface area contributed by atoms with Crippen LogP contribution in [0.2, 0.25) is 0 Å². The third-order valence-electron chi connectivity index (χ3n) is 4.85. The molecule has 1 aliphatic heterocycles. The van der Waals surface area contributed by atoms with Gasteiger partial charge in [-0.15, -0.1) is 12.4 Å². The molecule has 1 saturated heterocycles. The van der Waals surface area contributed by atoms with Crippen molar-refractivity contribution in [1.29, 1.82) is 0 Å². The maximum Gasteiger partial charge on any atom is 0.253 e. The summed E-state index contributed by atoms with van der Waals surface area (Å²) in [6.45, 7) is 4.48. The van der Waals surface area contributed by atoms with Gasteiger partial charge in [-0.3, -0.25) is 4.79 Å². The van der Waals surface area contributed by atoms with E-state index in [-0.39, 0.29) is 24.4 Å². The molecule has 0 aromatic heterocycles. The first-order valence-corrected chi connectivity index (χ1v) is 8.41. The van der Waals surface area contributed by atoms with Crippen LogP contribution in [0.5, 0.6) is 5.75 Å². The number of carbonyl (C=O) groups excluding carboxylic acids is 1. The van der Waals surface area contributed by atoms with Crippen LogP contribution in [0.4, 0.5) is 0 Å². The number of piperidine rings is 1.